The lowest BCUT2D eigenvalue weighted by Crippen LogP contribution is -2.46. The van der Waals surface area contributed by atoms with Crippen molar-refractivity contribution >= 4 is 43.5 Å². The molecule has 5 rings (SSSR count). The van der Waals surface area contributed by atoms with Crippen molar-refractivity contribution < 1.29 is 0 Å². The van der Waals surface area contributed by atoms with Gasteiger partial charge in [0.2, 0.25) is 0 Å². The number of halogens is 3. The molecular weight excluding hydrogens is 411 g/mol. The molecule has 4 aliphatic rings. The number of rotatable bonds is 2. The third kappa shape index (κ3) is 2.54. The second-order valence-electron chi connectivity index (χ2n) is 7.53. The maximum absolute atomic E-state index is 7.03. The van der Waals surface area contributed by atoms with Crippen LogP contribution in [-0.4, -0.2) is 0 Å². The maximum Gasteiger partial charge on any atom is 0.0630 e. The zero-order chi connectivity index (χ0) is 14.7. The molecule has 4 bridgehead atoms. The number of aryl methyl sites for hydroxylation is 1. The van der Waals surface area contributed by atoms with Crippen LogP contribution >= 0.6 is 43.5 Å². The molecule has 114 valence electrons. The molecule has 1 unspecified atom stereocenters. The molecule has 0 aliphatic heterocycles. The van der Waals surface area contributed by atoms with Gasteiger partial charge in [-0.3, -0.25) is 0 Å². The highest BCUT2D eigenvalue weighted by atomic mass is 79.9. The molecule has 4 aliphatic carbocycles. The molecule has 0 saturated heterocycles. The van der Waals surface area contributed by atoms with E-state index in [-0.39, 0.29) is 5.38 Å². The quantitative estimate of drug-likeness (QED) is 0.447. The molecule has 0 radical (unpaired) electrons. The molecule has 4 fully saturated rings. The minimum atomic E-state index is 0.159. The van der Waals surface area contributed by atoms with E-state index >= 15 is 0 Å². The Labute approximate surface area is 149 Å². The maximum atomic E-state index is 7.03. The number of alkyl halides is 1. The van der Waals surface area contributed by atoms with Crippen molar-refractivity contribution in [3.05, 3.63) is 32.2 Å². The highest BCUT2D eigenvalue weighted by molar-refractivity contribution is 9.11. The Kier molecular flexibility index (Phi) is 3.95. The van der Waals surface area contributed by atoms with Crippen LogP contribution < -0.4 is 0 Å². The summed E-state index contributed by atoms with van der Waals surface area (Å²) in [4.78, 5) is 0. The van der Waals surface area contributed by atoms with E-state index in [0.717, 1.165) is 23.7 Å². The first kappa shape index (κ1) is 15.0. The van der Waals surface area contributed by atoms with Crippen molar-refractivity contribution in [3.63, 3.8) is 0 Å². The van der Waals surface area contributed by atoms with E-state index in [2.05, 4.69) is 50.9 Å². The zero-order valence-corrected chi connectivity index (χ0v) is 16.2. The van der Waals surface area contributed by atoms with Crippen LogP contribution in [0, 0.1) is 36.5 Å². The molecule has 0 spiro atoms. The first-order chi connectivity index (χ1) is 10.0. The van der Waals surface area contributed by atoms with E-state index in [1.165, 1.54) is 52.2 Å². The summed E-state index contributed by atoms with van der Waals surface area (Å²) in [5.41, 5.74) is 2.55. The Bertz CT molecular complexity index is 541. The average molecular weight is 433 g/mol. The highest BCUT2D eigenvalue weighted by Crippen LogP contribution is 2.61. The topological polar surface area (TPSA) is 0 Å². The highest BCUT2D eigenvalue weighted by Gasteiger charge is 2.50. The van der Waals surface area contributed by atoms with Gasteiger partial charge in [0.25, 0.3) is 0 Å². The molecule has 4 saturated carbocycles. The van der Waals surface area contributed by atoms with Crippen LogP contribution in [0.1, 0.15) is 48.6 Å². The van der Waals surface area contributed by atoms with Gasteiger partial charge in [0.15, 0.2) is 0 Å². The van der Waals surface area contributed by atoms with Gasteiger partial charge in [-0.25, -0.2) is 0 Å². The summed E-state index contributed by atoms with van der Waals surface area (Å²) in [6.07, 6.45) is 7.25. The van der Waals surface area contributed by atoms with Crippen LogP contribution in [0.5, 0.6) is 0 Å². The van der Waals surface area contributed by atoms with Crippen molar-refractivity contribution in [2.24, 2.45) is 29.6 Å². The van der Waals surface area contributed by atoms with E-state index in [1.807, 2.05) is 0 Å². The largest absolute Gasteiger partial charge is 0.117 e. The molecular formula is C18H21Br2Cl. The third-order valence-electron chi connectivity index (χ3n) is 6.21. The van der Waals surface area contributed by atoms with Crippen molar-refractivity contribution in [1.82, 2.24) is 0 Å². The summed E-state index contributed by atoms with van der Waals surface area (Å²) < 4.78 is 2.35. The van der Waals surface area contributed by atoms with Gasteiger partial charge in [0.1, 0.15) is 0 Å². The van der Waals surface area contributed by atoms with Gasteiger partial charge in [0.05, 0.1) is 5.38 Å². The molecule has 21 heavy (non-hydrogen) atoms. The van der Waals surface area contributed by atoms with Crippen LogP contribution in [-0.2, 0) is 0 Å². The van der Waals surface area contributed by atoms with Gasteiger partial charge >= 0.3 is 0 Å². The first-order valence-corrected chi connectivity index (χ1v) is 10.1. The van der Waals surface area contributed by atoms with Crippen LogP contribution in [0.2, 0.25) is 0 Å². The Morgan fingerprint density at radius 1 is 0.952 bits per heavy atom. The lowest BCUT2D eigenvalue weighted by molar-refractivity contribution is -0.0381. The van der Waals surface area contributed by atoms with Crippen LogP contribution in [0.3, 0.4) is 0 Å². The molecule has 0 amide bonds. The minimum Gasteiger partial charge on any atom is -0.117 e. The number of benzene rings is 1. The fourth-order valence-corrected chi connectivity index (χ4v) is 7.31. The second kappa shape index (κ2) is 5.53. The van der Waals surface area contributed by atoms with Gasteiger partial charge in [-0.2, -0.15) is 0 Å². The molecule has 0 heterocycles. The summed E-state index contributed by atoms with van der Waals surface area (Å²) in [6, 6.07) is 4.44. The summed E-state index contributed by atoms with van der Waals surface area (Å²) >= 11 is 14.4. The lowest BCUT2D eigenvalue weighted by Gasteiger charge is -2.55. The Hall–Kier alpha value is 0.470. The second-order valence-corrected chi connectivity index (χ2v) is 9.71. The summed E-state index contributed by atoms with van der Waals surface area (Å²) in [6.45, 7) is 2.13. The van der Waals surface area contributed by atoms with Crippen molar-refractivity contribution in [1.29, 1.82) is 0 Å². The lowest BCUT2D eigenvalue weighted by atomic mass is 9.51. The molecule has 0 N–H and O–H groups in total. The monoisotopic (exact) mass is 430 g/mol. The average Bonchev–Trinajstić information content (AvgIpc) is 2.41. The van der Waals surface area contributed by atoms with Crippen molar-refractivity contribution in [2.75, 3.05) is 0 Å². The SMILES string of the molecule is Cc1cc(Br)c(C(Cl)C2C3CC4CC(C3)CC2C4)cc1Br. The predicted molar refractivity (Wildman–Crippen MR) is 95.7 cm³/mol. The van der Waals surface area contributed by atoms with Gasteiger partial charge in [-0.15, -0.1) is 11.6 Å². The van der Waals surface area contributed by atoms with E-state index in [1.54, 1.807) is 0 Å². The van der Waals surface area contributed by atoms with Crippen LogP contribution in [0.25, 0.3) is 0 Å². The Balaban J connectivity index is 1.66. The molecule has 1 aromatic rings. The van der Waals surface area contributed by atoms with Crippen molar-refractivity contribution in [2.45, 2.75) is 44.4 Å². The van der Waals surface area contributed by atoms with Gasteiger partial charge in [-0.1, -0.05) is 31.9 Å². The van der Waals surface area contributed by atoms with Gasteiger partial charge in [-0.05, 0) is 91.9 Å². The van der Waals surface area contributed by atoms with E-state index < -0.39 is 0 Å². The summed E-state index contributed by atoms with van der Waals surface area (Å²) in [5, 5.41) is 0.159. The van der Waals surface area contributed by atoms with E-state index in [0.29, 0.717) is 5.92 Å². The van der Waals surface area contributed by atoms with Gasteiger partial charge < -0.3 is 0 Å². The molecule has 3 heteroatoms. The van der Waals surface area contributed by atoms with Crippen molar-refractivity contribution in [3.8, 4) is 0 Å². The predicted octanol–water partition coefficient (Wildman–Crippen LogP) is 6.87. The molecule has 1 atom stereocenters. The molecule has 0 nitrogen and oxygen atoms in total. The smallest absolute Gasteiger partial charge is 0.0630 e. The zero-order valence-electron chi connectivity index (χ0n) is 12.3. The summed E-state index contributed by atoms with van der Waals surface area (Å²) in [7, 11) is 0. The van der Waals surface area contributed by atoms with Crippen LogP contribution in [0.15, 0.2) is 21.1 Å². The first-order valence-electron chi connectivity index (χ1n) is 8.12. The summed E-state index contributed by atoms with van der Waals surface area (Å²) in [5.74, 6) is 4.46. The molecule has 1 aromatic carbocycles. The third-order valence-corrected chi connectivity index (χ3v) is 8.28. The number of hydrogen-bond acceptors (Lipinski definition) is 0. The number of hydrogen-bond donors (Lipinski definition) is 0. The van der Waals surface area contributed by atoms with Crippen LogP contribution in [0.4, 0.5) is 0 Å². The van der Waals surface area contributed by atoms with E-state index in [4.69, 9.17) is 11.6 Å². The minimum absolute atomic E-state index is 0.159. The Morgan fingerprint density at radius 2 is 1.52 bits per heavy atom. The molecule has 0 aromatic heterocycles. The normalized spacial score (nSPS) is 38.8. The Morgan fingerprint density at radius 3 is 2.10 bits per heavy atom. The van der Waals surface area contributed by atoms with Gasteiger partial charge in [0, 0.05) is 8.95 Å². The fourth-order valence-electron chi connectivity index (χ4n) is 5.53. The fraction of sp³-hybridized carbons (Fsp3) is 0.667. The van der Waals surface area contributed by atoms with E-state index in [9.17, 15) is 0 Å². The standard InChI is InChI=1S/C18H21Br2Cl/c1-9-2-16(20)14(8-15(9)19)18(21)17-12-4-10-3-11(6-12)7-13(17)5-10/h2,8,10-13,17-18H,3-7H2,1H3.